The zero-order chi connectivity index (χ0) is 15.6. The zero-order valence-electron chi connectivity index (χ0n) is 12.2. The lowest BCUT2D eigenvalue weighted by atomic mass is 10.1. The molecule has 2 N–H and O–H groups in total. The van der Waals surface area contributed by atoms with Gasteiger partial charge >= 0.3 is 6.03 Å². The Labute approximate surface area is 138 Å². The van der Waals surface area contributed by atoms with Crippen LogP contribution in [-0.4, -0.2) is 13.1 Å². The highest BCUT2D eigenvalue weighted by Gasteiger charge is 2.45. The fraction of sp³-hybridized carbons (Fsp3) is 0.235. The van der Waals surface area contributed by atoms with Crippen LogP contribution in [0.3, 0.4) is 0 Å². The van der Waals surface area contributed by atoms with Crippen LogP contribution < -0.4 is 15.4 Å². The van der Waals surface area contributed by atoms with Crippen LogP contribution in [0.4, 0.5) is 10.5 Å². The maximum Gasteiger partial charge on any atom is 0.319 e. The van der Waals surface area contributed by atoms with Gasteiger partial charge in [0.1, 0.15) is 5.75 Å². The predicted molar refractivity (Wildman–Crippen MR) is 90.2 cm³/mol. The molecule has 1 aliphatic rings. The second kappa shape index (κ2) is 6.01. The van der Waals surface area contributed by atoms with E-state index in [9.17, 15) is 4.79 Å². The molecular weight excluding hydrogens is 344 g/mol. The maximum atomic E-state index is 12.2. The normalized spacial score (nSPS) is 15.0. The monoisotopic (exact) mass is 360 g/mol. The van der Waals surface area contributed by atoms with Gasteiger partial charge in [0.2, 0.25) is 0 Å². The molecule has 2 aromatic rings. The number of halogens is 1. The van der Waals surface area contributed by atoms with E-state index in [1.54, 1.807) is 7.11 Å². The number of ether oxygens (including phenoxy) is 1. The Morgan fingerprint density at radius 1 is 1.18 bits per heavy atom. The van der Waals surface area contributed by atoms with E-state index in [0.29, 0.717) is 0 Å². The molecule has 3 rings (SSSR count). The third-order valence-corrected chi connectivity index (χ3v) is 4.32. The Morgan fingerprint density at radius 3 is 2.50 bits per heavy atom. The van der Waals surface area contributed by atoms with E-state index in [2.05, 4.69) is 32.6 Å². The molecule has 0 unspecified atom stereocenters. The van der Waals surface area contributed by atoms with Gasteiger partial charge in [0, 0.05) is 10.2 Å². The third kappa shape index (κ3) is 3.25. The molecule has 114 valence electrons. The number of hydrogen-bond acceptors (Lipinski definition) is 2. The Hall–Kier alpha value is -2.01. The van der Waals surface area contributed by atoms with Crippen molar-refractivity contribution in [2.45, 2.75) is 18.4 Å². The zero-order valence-corrected chi connectivity index (χ0v) is 13.8. The Bertz CT molecular complexity index is 681. The highest BCUT2D eigenvalue weighted by molar-refractivity contribution is 9.10. The molecule has 2 aromatic carbocycles. The number of carbonyl (C=O) groups excluding carboxylic acids is 1. The molecule has 22 heavy (non-hydrogen) atoms. The molecule has 0 saturated heterocycles. The predicted octanol–water partition coefficient (Wildman–Crippen LogP) is 4.27. The van der Waals surface area contributed by atoms with Crippen LogP contribution in [0.15, 0.2) is 53.0 Å². The molecule has 0 atom stereocenters. The van der Waals surface area contributed by atoms with Gasteiger partial charge in [0.05, 0.1) is 12.6 Å². The van der Waals surface area contributed by atoms with Crippen LogP contribution >= 0.6 is 15.9 Å². The molecule has 4 nitrogen and oxygen atoms in total. The standard InChI is InChI=1S/C17H17BrN2O2/c1-22-15-7-5-14(6-8-15)19-16(21)20-17(9-10-17)12-3-2-4-13(18)11-12/h2-8,11H,9-10H2,1H3,(H2,19,20,21). The molecule has 1 fully saturated rings. The number of carbonyl (C=O) groups is 1. The average Bonchev–Trinajstić information content (AvgIpc) is 3.29. The molecular formula is C17H17BrN2O2. The Balaban J connectivity index is 1.66. The lowest BCUT2D eigenvalue weighted by Crippen LogP contribution is -2.38. The van der Waals surface area contributed by atoms with Crippen LogP contribution in [0, 0.1) is 0 Å². The minimum absolute atomic E-state index is 0.192. The summed E-state index contributed by atoms with van der Waals surface area (Å²) in [6.07, 6.45) is 1.92. The van der Waals surface area contributed by atoms with E-state index in [1.807, 2.05) is 42.5 Å². The van der Waals surface area contributed by atoms with Gasteiger partial charge < -0.3 is 15.4 Å². The third-order valence-electron chi connectivity index (χ3n) is 3.83. The first kappa shape index (κ1) is 14.9. The van der Waals surface area contributed by atoms with E-state index in [0.717, 1.165) is 34.3 Å². The molecule has 2 amide bonds. The van der Waals surface area contributed by atoms with Gasteiger partial charge in [-0.15, -0.1) is 0 Å². The van der Waals surface area contributed by atoms with Crippen molar-refractivity contribution >= 4 is 27.6 Å². The number of methoxy groups -OCH3 is 1. The summed E-state index contributed by atoms with van der Waals surface area (Å²) in [6.45, 7) is 0. The lowest BCUT2D eigenvalue weighted by molar-refractivity contribution is 0.247. The maximum absolute atomic E-state index is 12.2. The van der Waals surface area contributed by atoms with Crippen molar-refractivity contribution in [2.75, 3.05) is 12.4 Å². The van der Waals surface area contributed by atoms with E-state index < -0.39 is 0 Å². The summed E-state index contributed by atoms with van der Waals surface area (Å²) in [4.78, 5) is 12.2. The Kier molecular flexibility index (Phi) is 4.07. The quantitative estimate of drug-likeness (QED) is 0.855. The minimum atomic E-state index is -0.236. The molecule has 1 saturated carbocycles. The number of anilines is 1. The first-order valence-corrected chi connectivity index (χ1v) is 7.90. The van der Waals surface area contributed by atoms with Crippen LogP contribution in [0.1, 0.15) is 18.4 Å². The first-order valence-electron chi connectivity index (χ1n) is 7.11. The molecule has 0 aromatic heterocycles. The summed E-state index contributed by atoms with van der Waals surface area (Å²) in [5, 5.41) is 5.94. The molecule has 1 aliphatic carbocycles. The summed E-state index contributed by atoms with van der Waals surface area (Å²) in [5.74, 6) is 0.763. The summed E-state index contributed by atoms with van der Waals surface area (Å²) in [6, 6.07) is 15.1. The van der Waals surface area contributed by atoms with Crippen LogP contribution in [-0.2, 0) is 5.54 Å². The van der Waals surface area contributed by atoms with Gasteiger partial charge in [0.15, 0.2) is 0 Å². The summed E-state index contributed by atoms with van der Waals surface area (Å²) < 4.78 is 6.12. The van der Waals surface area contributed by atoms with Crippen LogP contribution in [0.25, 0.3) is 0 Å². The van der Waals surface area contributed by atoms with E-state index in [4.69, 9.17) is 4.74 Å². The van der Waals surface area contributed by atoms with Crippen LogP contribution in [0.5, 0.6) is 5.75 Å². The minimum Gasteiger partial charge on any atom is -0.497 e. The van der Waals surface area contributed by atoms with Crippen molar-refractivity contribution in [1.29, 1.82) is 0 Å². The average molecular weight is 361 g/mol. The molecule has 5 heteroatoms. The number of rotatable bonds is 4. The Morgan fingerprint density at radius 2 is 1.91 bits per heavy atom. The van der Waals surface area contributed by atoms with Gasteiger partial charge in [-0.3, -0.25) is 0 Å². The van der Waals surface area contributed by atoms with Gasteiger partial charge in [-0.1, -0.05) is 28.1 Å². The molecule has 0 radical (unpaired) electrons. The van der Waals surface area contributed by atoms with E-state index in [1.165, 1.54) is 0 Å². The number of amides is 2. The van der Waals surface area contributed by atoms with Crippen molar-refractivity contribution < 1.29 is 9.53 Å². The number of hydrogen-bond donors (Lipinski definition) is 2. The molecule has 0 heterocycles. The molecule has 0 aliphatic heterocycles. The summed E-state index contributed by atoms with van der Waals surface area (Å²) in [5.41, 5.74) is 1.63. The van der Waals surface area contributed by atoms with Crippen LogP contribution in [0.2, 0.25) is 0 Å². The smallest absolute Gasteiger partial charge is 0.319 e. The summed E-state index contributed by atoms with van der Waals surface area (Å²) in [7, 11) is 1.62. The second-order valence-electron chi connectivity index (χ2n) is 5.40. The fourth-order valence-electron chi connectivity index (χ4n) is 2.45. The van der Waals surface area contributed by atoms with Gasteiger partial charge in [-0.2, -0.15) is 0 Å². The van der Waals surface area contributed by atoms with E-state index >= 15 is 0 Å². The second-order valence-corrected chi connectivity index (χ2v) is 6.32. The van der Waals surface area contributed by atoms with Crippen molar-refractivity contribution in [3.8, 4) is 5.75 Å². The summed E-state index contributed by atoms with van der Waals surface area (Å²) >= 11 is 3.48. The molecule has 0 bridgehead atoms. The van der Waals surface area contributed by atoms with Crippen molar-refractivity contribution in [3.63, 3.8) is 0 Å². The molecule has 0 spiro atoms. The van der Waals surface area contributed by atoms with Crippen molar-refractivity contribution in [1.82, 2.24) is 5.32 Å². The number of urea groups is 1. The highest BCUT2D eigenvalue weighted by atomic mass is 79.9. The lowest BCUT2D eigenvalue weighted by Gasteiger charge is -2.19. The first-order chi connectivity index (χ1) is 10.6. The van der Waals surface area contributed by atoms with Gasteiger partial charge in [0.25, 0.3) is 0 Å². The van der Waals surface area contributed by atoms with Crippen molar-refractivity contribution in [2.24, 2.45) is 0 Å². The largest absolute Gasteiger partial charge is 0.497 e. The topological polar surface area (TPSA) is 50.4 Å². The fourth-order valence-corrected chi connectivity index (χ4v) is 2.85. The number of nitrogens with one attached hydrogen (secondary N) is 2. The van der Waals surface area contributed by atoms with Gasteiger partial charge in [-0.25, -0.2) is 4.79 Å². The van der Waals surface area contributed by atoms with Gasteiger partial charge in [-0.05, 0) is 54.8 Å². The highest BCUT2D eigenvalue weighted by Crippen LogP contribution is 2.46. The number of benzene rings is 2. The van der Waals surface area contributed by atoms with Crippen molar-refractivity contribution in [3.05, 3.63) is 58.6 Å². The SMILES string of the molecule is COc1ccc(NC(=O)NC2(c3cccc(Br)c3)CC2)cc1. The van der Waals surface area contributed by atoms with E-state index in [-0.39, 0.29) is 11.6 Å².